The summed E-state index contributed by atoms with van der Waals surface area (Å²) in [7, 11) is 0. The molecule has 0 spiro atoms. The lowest BCUT2D eigenvalue weighted by Gasteiger charge is -2.35. The van der Waals surface area contributed by atoms with Crippen molar-refractivity contribution in [2.75, 3.05) is 56.0 Å². The van der Waals surface area contributed by atoms with Gasteiger partial charge in [0.2, 0.25) is 11.9 Å². The van der Waals surface area contributed by atoms with E-state index in [0.717, 1.165) is 16.5 Å². The molecule has 0 bridgehead atoms. The van der Waals surface area contributed by atoms with E-state index in [4.69, 9.17) is 4.98 Å². The first-order chi connectivity index (χ1) is 20.5. The number of carbonyl (C=O) groups excluding carboxylic acids is 1. The lowest BCUT2D eigenvalue weighted by atomic mass is 9.92. The van der Waals surface area contributed by atoms with Crippen LogP contribution in [0.1, 0.15) is 17.5 Å². The van der Waals surface area contributed by atoms with E-state index in [9.17, 15) is 18.0 Å². The van der Waals surface area contributed by atoms with Crippen molar-refractivity contribution in [2.24, 2.45) is 0 Å². The van der Waals surface area contributed by atoms with Crippen LogP contribution in [0.4, 0.5) is 29.3 Å². The SMILES string of the molecule is C=CC(=O)N1CCN(c2nc(NC3CCN(CC(F)(F)F)C3)nc3c(F)c(-c4c(C)ccc5[nH]ncc45)c(C)cc23)CC1. The average Bonchev–Trinajstić information content (AvgIpc) is 3.62. The molecule has 2 fully saturated rings. The van der Waals surface area contributed by atoms with Crippen LogP contribution in [0, 0.1) is 19.7 Å². The van der Waals surface area contributed by atoms with E-state index in [-0.39, 0.29) is 36.5 Å². The molecule has 2 aromatic heterocycles. The van der Waals surface area contributed by atoms with Crippen LogP contribution in [0.15, 0.2) is 37.1 Å². The summed E-state index contributed by atoms with van der Waals surface area (Å²) < 4.78 is 55.7. The summed E-state index contributed by atoms with van der Waals surface area (Å²) >= 11 is 0. The molecule has 2 saturated heterocycles. The number of nitrogens with one attached hydrogen (secondary N) is 2. The Morgan fingerprint density at radius 2 is 1.86 bits per heavy atom. The van der Waals surface area contributed by atoms with Crippen LogP contribution in [-0.2, 0) is 4.79 Å². The van der Waals surface area contributed by atoms with E-state index in [0.29, 0.717) is 60.5 Å². The van der Waals surface area contributed by atoms with E-state index in [1.54, 1.807) is 11.1 Å². The molecule has 2 aromatic carbocycles. The van der Waals surface area contributed by atoms with Gasteiger partial charge in [-0.2, -0.15) is 23.3 Å². The number of alkyl halides is 3. The standard InChI is InChI=1S/C30H32F4N8O/c1-4-23(43)41-9-11-42(12-10-41)28-20-13-18(3)25(24-17(2)5-6-22-21(24)14-35-39-22)26(31)27(20)37-29(38-28)36-19-7-8-40(15-19)16-30(32,33)34/h4-6,13-14,19H,1,7-12,15-16H2,2-3H3,(H,35,39)(H,36,37,38). The third-order valence-electron chi connectivity index (χ3n) is 8.26. The van der Waals surface area contributed by atoms with Crippen molar-refractivity contribution in [1.82, 2.24) is 30.0 Å². The Bertz CT molecular complexity index is 1710. The van der Waals surface area contributed by atoms with Gasteiger partial charge < -0.3 is 15.1 Å². The van der Waals surface area contributed by atoms with E-state index in [1.807, 2.05) is 36.9 Å². The monoisotopic (exact) mass is 596 g/mol. The molecule has 226 valence electrons. The number of aromatic nitrogens is 4. The third-order valence-corrected chi connectivity index (χ3v) is 8.26. The molecule has 0 saturated carbocycles. The lowest BCUT2D eigenvalue weighted by Crippen LogP contribution is -2.48. The van der Waals surface area contributed by atoms with Crippen LogP contribution in [0.25, 0.3) is 32.9 Å². The Morgan fingerprint density at radius 1 is 1.09 bits per heavy atom. The summed E-state index contributed by atoms with van der Waals surface area (Å²) in [6.45, 7) is 8.60. The van der Waals surface area contributed by atoms with Gasteiger partial charge in [0.25, 0.3) is 0 Å². The molecule has 43 heavy (non-hydrogen) atoms. The molecule has 4 aromatic rings. The van der Waals surface area contributed by atoms with E-state index in [1.165, 1.54) is 11.0 Å². The van der Waals surface area contributed by atoms with Gasteiger partial charge in [-0.05, 0) is 55.2 Å². The fourth-order valence-electron chi connectivity index (χ4n) is 6.21. The summed E-state index contributed by atoms with van der Waals surface area (Å²) in [6.07, 6.45) is -0.858. The molecule has 1 unspecified atom stereocenters. The molecule has 13 heteroatoms. The highest BCUT2D eigenvalue weighted by atomic mass is 19.4. The zero-order valence-corrected chi connectivity index (χ0v) is 23.9. The van der Waals surface area contributed by atoms with Gasteiger partial charge in [0.15, 0.2) is 5.82 Å². The minimum absolute atomic E-state index is 0.114. The van der Waals surface area contributed by atoms with Crippen LogP contribution in [-0.4, -0.2) is 93.9 Å². The van der Waals surface area contributed by atoms with Crippen molar-refractivity contribution in [3.8, 4) is 11.1 Å². The molecule has 1 atom stereocenters. The predicted molar refractivity (Wildman–Crippen MR) is 158 cm³/mol. The summed E-state index contributed by atoms with van der Waals surface area (Å²) in [4.78, 5) is 26.6. The molecule has 6 rings (SSSR count). The second-order valence-electron chi connectivity index (χ2n) is 11.2. The molecular weight excluding hydrogens is 564 g/mol. The number of hydrogen-bond donors (Lipinski definition) is 2. The number of nitrogens with zero attached hydrogens (tertiary/aromatic N) is 6. The zero-order chi connectivity index (χ0) is 30.5. The van der Waals surface area contributed by atoms with Gasteiger partial charge in [0, 0.05) is 61.6 Å². The van der Waals surface area contributed by atoms with Gasteiger partial charge in [-0.15, -0.1) is 0 Å². The number of H-pyrrole nitrogens is 1. The van der Waals surface area contributed by atoms with E-state index < -0.39 is 18.5 Å². The summed E-state index contributed by atoms with van der Waals surface area (Å²) in [5.74, 6) is -0.00773. The van der Waals surface area contributed by atoms with Crippen molar-refractivity contribution in [1.29, 1.82) is 0 Å². The van der Waals surface area contributed by atoms with Gasteiger partial charge in [0.1, 0.15) is 11.3 Å². The van der Waals surface area contributed by atoms with Crippen LogP contribution in [0.5, 0.6) is 0 Å². The second-order valence-corrected chi connectivity index (χ2v) is 11.2. The maximum atomic E-state index is 16.8. The maximum Gasteiger partial charge on any atom is 0.401 e. The maximum absolute atomic E-state index is 16.8. The smallest absolute Gasteiger partial charge is 0.352 e. The number of amides is 1. The molecule has 0 radical (unpaired) electrons. The van der Waals surface area contributed by atoms with Crippen molar-refractivity contribution >= 4 is 39.5 Å². The minimum Gasteiger partial charge on any atom is -0.352 e. The van der Waals surface area contributed by atoms with Gasteiger partial charge >= 0.3 is 6.18 Å². The Balaban J connectivity index is 1.43. The largest absolute Gasteiger partial charge is 0.401 e. The number of hydrogen-bond acceptors (Lipinski definition) is 7. The topological polar surface area (TPSA) is 93.3 Å². The highest BCUT2D eigenvalue weighted by Gasteiger charge is 2.35. The molecule has 0 aliphatic carbocycles. The van der Waals surface area contributed by atoms with E-state index >= 15 is 4.39 Å². The van der Waals surface area contributed by atoms with Gasteiger partial charge in [0.05, 0.1) is 18.3 Å². The van der Waals surface area contributed by atoms with Gasteiger partial charge in [-0.3, -0.25) is 14.8 Å². The Labute approximate surface area is 245 Å². The summed E-state index contributed by atoms with van der Waals surface area (Å²) in [5.41, 5.74) is 3.59. The van der Waals surface area contributed by atoms with Crippen LogP contribution in [0.3, 0.4) is 0 Å². The minimum atomic E-state index is -4.29. The highest BCUT2D eigenvalue weighted by molar-refractivity contribution is 6.02. The first-order valence-electron chi connectivity index (χ1n) is 14.2. The molecule has 9 nitrogen and oxygen atoms in total. The Morgan fingerprint density at radius 3 is 2.58 bits per heavy atom. The van der Waals surface area contributed by atoms with E-state index in [2.05, 4.69) is 27.1 Å². The Kier molecular flexibility index (Phi) is 7.45. The number of aryl methyl sites for hydroxylation is 2. The molecular formula is C30H32F4N8O. The van der Waals surface area contributed by atoms with Crippen LogP contribution < -0.4 is 10.2 Å². The molecule has 2 aliphatic rings. The number of likely N-dealkylation sites (tertiary alicyclic amines) is 1. The van der Waals surface area contributed by atoms with Crippen molar-refractivity contribution < 1.29 is 22.4 Å². The number of halogens is 4. The molecule has 4 heterocycles. The lowest BCUT2D eigenvalue weighted by molar-refractivity contribution is -0.143. The molecule has 2 N–H and O–H groups in total. The number of anilines is 2. The fourth-order valence-corrected chi connectivity index (χ4v) is 6.21. The number of rotatable bonds is 6. The van der Waals surface area contributed by atoms with Gasteiger partial charge in [-0.1, -0.05) is 12.6 Å². The first kappa shape index (κ1) is 28.8. The average molecular weight is 597 g/mol. The number of fused-ring (bicyclic) bond motifs is 2. The second kappa shape index (κ2) is 11.1. The van der Waals surface area contributed by atoms with Crippen molar-refractivity contribution in [2.45, 2.75) is 32.5 Å². The summed E-state index contributed by atoms with van der Waals surface area (Å²) in [5, 5.41) is 11.6. The molecule has 2 aliphatic heterocycles. The normalized spacial score (nSPS) is 18.1. The first-order valence-corrected chi connectivity index (χ1v) is 14.2. The van der Waals surface area contributed by atoms with Crippen molar-refractivity contribution in [3.63, 3.8) is 0 Å². The van der Waals surface area contributed by atoms with Crippen LogP contribution in [0.2, 0.25) is 0 Å². The van der Waals surface area contributed by atoms with Crippen molar-refractivity contribution in [3.05, 3.63) is 54.0 Å². The highest BCUT2D eigenvalue weighted by Crippen LogP contribution is 2.40. The number of aromatic amines is 1. The molecule has 1 amide bonds. The Hall–Kier alpha value is -4.26. The number of piperazine rings is 1. The summed E-state index contributed by atoms with van der Waals surface area (Å²) in [6, 6.07) is 5.36. The van der Waals surface area contributed by atoms with Gasteiger partial charge in [-0.25, -0.2) is 9.37 Å². The fraction of sp³-hybridized carbons (Fsp3) is 0.400. The third kappa shape index (κ3) is 5.61. The predicted octanol–water partition coefficient (Wildman–Crippen LogP) is 4.81. The number of carbonyl (C=O) groups is 1. The number of benzene rings is 2. The zero-order valence-electron chi connectivity index (χ0n) is 23.9. The quantitative estimate of drug-likeness (QED) is 0.244. The van der Waals surface area contributed by atoms with Crippen LogP contribution >= 0.6 is 0 Å².